The summed E-state index contributed by atoms with van der Waals surface area (Å²) in [5.74, 6) is 0. The first-order chi connectivity index (χ1) is 8.93. The largest absolute Gasteiger partial charge is 0.0619 e. The van der Waals surface area contributed by atoms with Gasteiger partial charge in [0.2, 0.25) is 0 Å². The van der Waals surface area contributed by atoms with Crippen LogP contribution in [-0.4, -0.2) is 0 Å². The van der Waals surface area contributed by atoms with Crippen LogP contribution in [0.2, 0.25) is 0 Å². The number of fused-ring (bicyclic) bond motifs is 5. The van der Waals surface area contributed by atoms with Crippen LogP contribution >= 0.6 is 0 Å². The first-order valence-corrected chi connectivity index (χ1v) is 7.07. The Kier molecular flexibility index (Phi) is 2.29. The fourth-order valence-electron chi connectivity index (χ4n) is 3.55. The SMILES string of the molecule is [c]1cc2c(c3c1Cc1ccccc1-3)CCCCC2. The third-order valence-electron chi connectivity index (χ3n) is 4.44. The summed E-state index contributed by atoms with van der Waals surface area (Å²) in [7, 11) is 0. The summed E-state index contributed by atoms with van der Waals surface area (Å²) in [6.07, 6.45) is 7.68. The van der Waals surface area contributed by atoms with E-state index in [1.165, 1.54) is 54.4 Å². The van der Waals surface area contributed by atoms with Crippen LogP contribution in [0.1, 0.15) is 41.5 Å². The Morgan fingerprint density at radius 2 is 1.78 bits per heavy atom. The smallest absolute Gasteiger partial charge is 0.000718 e. The zero-order chi connectivity index (χ0) is 11.9. The van der Waals surface area contributed by atoms with Crippen LogP contribution in [0.4, 0.5) is 0 Å². The minimum absolute atomic E-state index is 1.08. The van der Waals surface area contributed by atoms with Gasteiger partial charge in [0.05, 0.1) is 0 Å². The molecule has 0 heterocycles. The van der Waals surface area contributed by atoms with E-state index in [1.807, 2.05) is 0 Å². The normalized spacial score (nSPS) is 16.7. The van der Waals surface area contributed by atoms with Gasteiger partial charge in [0.1, 0.15) is 0 Å². The van der Waals surface area contributed by atoms with Gasteiger partial charge in [-0.15, -0.1) is 0 Å². The van der Waals surface area contributed by atoms with Crippen molar-refractivity contribution in [2.45, 2.75) is 38.5 Å². The molecule has 0 heteroatoms. The van der Waals surface area contributed by atoms with Gasteiger partial charge in [-0.05, 0) is 71.6 Å². The lowest BCUT2D eigenvalue weighted by molar-refractivity contribution is 0.712. The van der Waals surface area contributed by atoms with Crippen LogP contribution in [-0.2, 0) is 19.3 Å². The number of benzene rings is 2. The summed E-state index contributed by atoms with van der Waals surface area (Å²) in [4.78, 5) is 0. The van der Waals surface area contributed by atoms with Crippen molar-refractivity contribution in [2.24, 2.45) is 0 Å². The lowest BCUT2D eigenvalue weighted by Gasteiger charge is -2.12. The highest BCUT2D eigenvalue weighted by Crippen LogP contribution is 2.41. The van der Waals surface area contributed by atoms with Crippen molar-refractivity contribution in [1.82, 2.24) is 0 Å². The lowest BCUT2D eigenvalue weighted by atomic mass is 9.92. The maximum absolute atomic E-state index is 3.55. The molecule has 0 spiro atoms. The molecule has 89 valence electrons. The van der Waals surface area contributed by atoms with Crippen molar-refractivity contribution in [1.29, 1.82) is 0 Å². The van der Waals surface area contributed by atoms with E-state index >= 15 is 0 Å². The molecule has 0 bridgehead atoms. The van der Waals surface area contributed by atoms with E-state index in [-0.39, 0.29) is 0 Å². The van der Waals surface area contributed by atoms with Gasteiger partial charge in [-0.1, -0.05) is 36.8 Å². The molecule has 18 heavy (non-hydrogen) atoms. The van der Waals surface area contributed by atoms with Crippen LogP contribution in [0, 0.1) is 6.07 Å². The molecule has 4 rings (SSSR count). The molecule has 1 radical (unpaired) electrons. The minimum Gasteiger partial charge on any atom is -0.0619 e. The molecule has 0 aliphatic heterocycles. The Morgan fingerprint density at radius 3 is 2.78 bits per heavy atom. The van der Waals surface area contributed by atoms with Gasteiger partial charge in [-0.3, -0.25) is 0 Å². The second kappa shape index (κ2) is 3.98. The predicted molar refractivity (Wildman–Crippen MR) is 74.8 cm³/mol. The quantitative estimate of drug-likeness (QED) is 0.507. The molecule has 0 unspecified atom stereocenters. The number of rotatable bonds is 0. The Hall–Kier alpha value is -1.56. The van der Waals surface area contributed by atoms with Crippen molar-refractivity contribution in [3.63, 3.8) is 0 Å². The number of aryl methyl sites for hydroxylation is 1. The fraction of sp³-hybridized carbons (Fsp3) is 0.333. The highest BCUT2D eigenvalue weighted by molar-refractivity contribution is 5.80. The van der Waals surface area contributed by atoms with Gasteiger partial charge in [-0.2, -0.15) is 0 Å². The third kappa shape index (κ3) is 1.45. The molecule has 0 amide bonds. The van der Waals surface area contributed by atoms with Crippen molar-refractivity contribution >= 4 is 0 Å². The molecule has 0 aromatic heterocycles. The highest BCUT2D eigenvalue weighted by Gasteiger charge is 2.23. The van der Waals surface area contributed by atoms with E-state index in [0.717, 1.165) is 6.42 Å². The topological polar surface area (TPSA) is 0 Å². The molecule has 0 N–H and O–H groups in total. The Balaban J connectivity index is 1.97. The molecule has 2 aromatic rings. The van der Waals surface area contributed by atoms with Crippen molar-refractivity contribution in [2.75, 3.05) is 0 Å². The standard InChI is InChI=1S/C18H17/c1-2-6-13-10-11-15-12-14-7-4-5-9-17(14)18(15)16(13)8-3-1/h4-5,7,9-10H,1-3,6,8,12H2. The van der Waals surface area contributed by atoms with Gasteiger partial charge in [0, 0.05) is 0 Å². The van der Waals surface area contributed by atoms with E-state index < -0.39 is 0 Å². The van der Waals surface area contributed by atoms with E-state index in [4.69, 9.17) is 0 Å². The van der Waals surface area contributed by atoms with E-state index in [1.54, 1.807) is 11.1 Å². The van der Waals surface area contributed by atoms with Gasteiger partial charge in [0.15, 0.2) is 0 Å². The molecule has 2 aliphatic rings. The summed E-state index contributed by atoms with van der Waals surface area (Å²) in [5.41, 5.74) is 9.11. The Morgan fingerprint density at radius 1 is 0.889 bits per heavy atom. The first kappa shape index (κ1) is 10.4. The van der Waals surface area contributed by atoms with Crippen LogP contribution in [0.25, 0.3) is 11.1 Å². The van der Waals surface area contributed by atoms with Crippen molar-refractivity contribution < 1.29 is 0 Å². The second-order valence-electron chi connectivity index (χ2n) is 5.54. The molecule has 2 aromatic carbocycles. The number of hydrogen-bond acceptors (Lipinski definition) is 0. The highest BCUT2D eigenvalue weighted by atomic mass is 14.3. The maximum atomic E-state index is 3.55. The molecule has 0 saturated heterocycles. The van der Waals surface area contributed by atoms with Gasteiger partial charge >= 0.3 is 0 Å². The van der Waals surface area contributed by atoms with E-state index in [2.05, 4.69) is 36.4 Å². The lowest BCUT2D eigenvalue weighted by Crippen LogP contribution is -1.96. The second-order valence-corrected chi connectivity index (χ2v) is 5.54. The molecular formula is C18H17. The first-order valence-electron chi connectivity index (χ1n) is 7.07. The van der Waals surface area contributed by atoms with Crippen LogP contribution in [0.5, 0.6) is 0 Å². The summed E-state index contributed by atoms with van der Waals surface area (Å²) >= 11 is 0. The summed E-state index contributed by atoms with van der Waals surface area (Å²) in [6, 6.07) is 14.7. The van der Waals surface area contributed by atoms with Crippen molar-refractivity contribution in [3.05, 3.63) is 58.7 Å². The fourth-order valence-corrected chi connectivity index (χ4v) is 3.55. The van der Waals surface area contributed by atoms with E-state index in [0.29, 0.717) is 0 Å². The number of hydrogen-bond donors (Lipinski definition) is 0. The van der Waals surface area contributed by atoms with Crippen LogP contribution in [0.15, 0.2) is 30.3 Å². The third-order valence-corrected chi connectivity index (χ3v) is 4.44. The van der Waals surface area contributed by atoms with Gasteiger partial charge in [-0.25, -0.2) is 0 Å². The molecule has 0 fully saturated rings. The summed E-state index contributed by atoms with van der Waals surface area (Å²) in [5, 5.41) is 0. The molecule has 2 aliphatic carbocycles. The monoisotopic (exact) mass is 233 g/mol. The summed E-state index contributed by atoms with van der Waals surface area (Å²) in [6.45, 7) is 0. The molecule has 0 nitrogen and oxygen atoms in total. The Bertz CT molecular complexity index is 607. The summed E-state index contributed by atoms with van der Waals surface area (Å²) < 4.78 is 0. The maximum Gasteiger partial charge on any atom is -0.000718 e. The Labute approximate surface area is 109 Å². The zero-order valence-corrected chi connectivity index (χ0v) is 10.6. The van der Waals surface area contributed by atoms with E-state index in [9.17, 15) is 0 Å². The predicted octanol–water partition coefficient (Wildman–Crippen LogP) is 4.33. The van der Waals surface area contributed by atoms with Gasteiger partial charge in [0.25, 0.3) is 0 Å². The molecular weight excluding hydrogens is 216 g/mol. The average Bonchev–Trinajstić information content (AvgIpc) is 2.61. The van der Waals surface area contributed by atoms with Crippen LogP contribution in [0.3, 0.4) is 0 Å². The molecule has 0 saturated carbocycles. The zero-order valence-electron chi connectivity index (χ0n) is 10.6. The minimum atomic E-state index is 1.08. The van der Waals surface area contributed by atoms with Crippen molar-refractivity contribution in [3.8, 4) is 11.1 Å². The van der Waals surface area contributed by atoms with Crippen LogP contribution < -0.4 is 0 Å². The molecule has 0 atom stereocenters. The van der Waals surface area contributed by atoms with Gasteiger partial charge < -0.3 is 0 Å². The average molecular weight is 233 g/mol.